The second kappa shape index (κ2) is 8.28. The summed E-state index contributed by atoms with van der Waals surface area (Å²) in [6, 6.07) is 3.88. The zero-order chi connectivity index (χ0) is 14.1. The van der Waals surface area contributed by atoms with Crippen LogP contribution >= 0.6 is 0 Å². The Morgan fingerprint density at radius 3 is 2.32 bits per heavy atom. The number of rotatable bonds is 8. The molecule has 0 bridgehead atoms. The smallest absolute Gasteiger partial charge is 0.203 e. The van der Waals surface area contributed by atoms with Crippen molar-refractivity contribution in [3.63, 3.8) is 0 Å². The minimum atomic E-state index is 0.544. The Kier molecular flexibility index (Phi) is 6.62. The summed E-state index contributed by atoms with van der Waals surface area (Å²) in [7, 11) is 5.13. The fourth-order valence-electron chi connectivity index (χ4n) is 1.73. The van der Waals surface area contributed by atoms with Crippen molar-refractivity contribution in [1.82, 2.24) is 5.32 Å². The molecule has 0 amide bonds. The van der Waals surface area contributed by atoms with Crippen LogP contribution in [0.5, 0.6) is 17.2 Å². The van der Waals surface area contributed by atoms with E-state index >= 15 is 0 Å². The summed E-state index contributed by atoms with van der Waals surface area (Å²) < 4.78 is 16.4. The molecule has 0 radical (unpaired) electrons. The molecule has 0 spiro atoms. The van der Waals surface area contributed by atoms with Gasteiger partial charge in [-0.1, -0.05) is 0 Å². The van der Waals surface area contributed by atoms with E-state index in [-0.39, 0.29) is 0 Å². The zero-order valence-electron chi connectivity index (χ0n) is 11.8. The summed E-state index contributed by atoms with van der Waals surface area (Å²) in [5, 5.41) is 3.09. The van der Waals surface area contributed by atoms with E-state index in [9.17, 15) is 0 Å². The van der Waals surface area contributed by atoms with Crippen LogP contribution in [0.3, 0.4) is 0 Å². The number of benzene rings is 1. The van der Waals surface area contributed by atoms with E-state index < -0.39 is 0 Å². The lowest BCUT2D eigenvalue weighted by Crippen LogP contribution is -2.07. The Balaban J connectivity index is 2.90. The third-order valence-corrected chi connectivity index (χ3v) is 2.61. The second-order valence-corrected chi connectivity index (χ2v) is 4.02. The molecule has 0 heterocycles. The molecule has 0 unspecified atom stereocenters. The van der Waals surface area contributed by atoms with Gasteiger partial charge < -0.3 is 19.5 Å². The Labute approximate surface area is 115 Å². The molecular formula is C15H21NO3. The molecule has 0 aliphatic rings. The SMILES string of the molecule is C#CCCCOc1c(OC)cc(CNC)cc1OC. The van der Waals surface area contributed by atoms with Gasteiger partial charge in [0, 0.05) is 13.0 Å². The van der Waals surface area contributed by atoms with Gasteiger partial charge in [0.2, 0.25) is 5.75 Å². The standard InChI is InChI=1S/C15H21NO3/c1-5-6-7-8-19-15-13(17-3)9-12(11-16-2)10-14(15)18-4/h1,9-10,16H,6-8,11H2,2-4H3. The maximum absolute atomic E-state index is 5.72. The lowest BCUT2D eigenvalue weighted by molar-refractivity contribution is 0.271. The maximum Gasteiger partial charge on any atom is 0.203 e. The lowest BCUT2D eigenvalue weighted by Gasteiger charge is -2.16. The molecule has 4 heteroatoms. The van der Waals surface area contributed by atoms with Gasteiger partial charge in [0.05, 0.1) is 20.8 Å². The van der Waals surface area contributed by atoms with Crippen LogP contribution in [-0.4, -0.2) is 27.9 Å². The quantitative estimate of drug-likeness (QED) is 0.576. The first kappa shape index (κ1) is 15.2. The Bertz CT molecular complexity index is 413. The summed E-state index contributed by atoms with van der Waals surface area (Å²) >= 11 is 0. The van der Waals surface area contributed by atoms with E-state index in [0.717, 1.165) is 18.5 Å². The van der Waals surface area contributed by atoms with Crippen molar-refractivity contribution in [1.29, 1.82) is 0 Å². The molecule has 1 N–H and O–H groups in total. The average molecular weight is 263 g/mol. The van der Waals surface area contributed by atoms with E-state index in [1.54, 1.807) is 14.2 Å². The maximum atomic E-state index is 5.72. The predicted molar refractivity (Wildman–Crippen MR) is 75.9 cm³/mol. The number of hydrogen-bond donors (Lipinski definition) is 1. The van der Waals surface area contributed by atoms with Crippen LogP contribution in [0.2, 0.25) is 0 Å². The van der Waals surface area contributed by atoms with Crippen molar-refractivity contribution < 1.29 is 14.2 Å². The minimum Gasteiger partial charge on any atom is -0.493 e. The molecule has 0 aromatic heterocycles. The van der Waals surface area contributed by atoms with E-state index in [1.807, 2.05) is 19.2 Å². The van der Waals surface area contributed by atoms with Crippen LogP contribution in [0.25, 0.3) is 0 Å². The van der Waals surface area contributed by atoms with Crippen LogP contribution in [0.4, 0.5) is 0 Å². The Hall–Kier alpha value is -1.86. The van der Waals surface area contributed by atoms with Crippen LogP contribution < -0.4 is 19.5 Å². The van der Waals surface area contributed by atoms with Crippen molar-refractivity contribution in [2.24, 2.45) is 0 Å². The van der Waals surface area contributed by atoms with Crippen molar-refractivity contribution in [2.45, 2.75) is 19.4 Å². The first-order valence-electron chi connectivity index (χ1n) is 6.22. The molecule has 0 aliphatic carbocycles. The van der Waals surface area contributed by atoms with Crippen LogP contribution in [0.15, 0.2) is 12.1 Å². The van der Waals surface area contributed by atoms with Crippen molar-refractivity contribution in [2.75, 3.05) is 27.9 Å². The lowest BCUT2D eigenvalue weighted by atomic mass is 10.2. The van der Waals surface area contributed by atoms with Gasteiger partial charge in [-0.3, -0.25) is 0 Å². The molecule has 104 valence electrons. The van der Waals surface area contributed by atoms with Gasteiger partial charge in [-0.15, -0.1) is 12.3 Å². The summed E-state index contributed by atoms with van der Waals surface area (Å²) in [6.07, 6.45) is 6.71. The van der Waals surface area contributed by atoms with E-state index in [0.29, 0.717) is 30.3 Å². The number of nitrogens with one attached hydrogen (secondary N) is 1. The molecule has 0 saturated heterocycles. The highest BCUT2D eigenvalue weighted by molar-refractivity contribution is 5.53. The summed E-state index contributed by atoms with van der Waals surface area (Å²) in [5.41, 5.74) is 1.08. The third kappa shape index (κ3) is 4.38. The molecule has 1 rings (SSSR count). The first-order chi connectivity index (χ1) is 9.26. The van der Waals surface area contributed by atoms with Crippen molar-refractivity contribution in [3.05, 3.63) is 17.7 Å². The van der Waals surface area contributed by atoms with Crippen molar-refractivity contribution in [3.8, 4) is 29.6 Å². The molecule has 0 atom stereocenters. The number of ether oxygens (including phenoxy) is 3. The third-order valence-electron chi connectivity index (χ3n) is 2.61. The van der Waals surface area contributed by atoms with Gasteiger partial charge in [0.15, 0.2) is 11.5 Å². The number of terminal acetylenes is 1. The van der Waals surface area contributed by atoms with Gasteiger partial charge >= 0.3 is 0 Å². The molecule has 19 heavy (non-hydrogen) atoms. The summed E-state index contributed by atoms with van der Waals surface area (Å²) in [6.45, 7) is 1.28. The molecule has 0 saturated carbocycles. The molecule has 4 nitrogen and oxygen atoms in total. The average Bonchev–Trinajstić information content (AvgIpc) is 2.44. The molecule has 1 aromatic carbocycles. The molecular weight excluding hydrogens is 242 g/mol. The highest BCUT2D eigenvalue weighted by atomic mass is 16.5. The fraction of sp³-hybridized carbons (Fsp3) is 0.467. The van der Waals surface area contributed by atoms with Crippen LogP contribution in [-0.2, 0) is 6.54 Å². The van der Waals surface area contributed by atoms with Gasteiger partial charge in [-0.05, 0) is 31.2 Å². The fourth-order valence-corrected chi connectivity index (χ4v) is 1.73. The van der Waals surface area contributed by atoms with Gasteiger partial charge in [0.1, 0.15) is 0 Å². The number of hydrogen-bond acceptors (Lipinski definition) is 4. The van der Waals surface area contributed by atoms with Gasteiger partial charge in [0.25, 0.3) is 0 Å². The largest absolute Gasteiger partial charge is 0.493 e. The second-order valence-electron chi connectivity index (χ2n) is 4.02. The molecule has 1 aromatic rings. The topological polar surface area (TPSA) is 39.7 Å². The Morgan fingerprint density at radius 2 is 1.84 bits per heavy atom. The highest BCUT2D eigenvalue weighted by Gasteiger charge is 2.13. The summed E-state index contributed by atoms with van der Waals surface area (Å²) in [4.78, 5) is 0. The first-order valence-corrected chi connectivity index (χ1v) is 6.22. The predicted octanol–water partition coefficient (Wildman–Crippen LogP) is 2.22. The normalized spacial score (nSPS) is 9.79. The molecule has 0 fully saturated rings. The zero-order valence-corrected chi connectivity index (χ0v) is 11.8. The van der Waals surface area contributed by atoms with Crippen LogP contribution in [0, 0.1) is 12.3 Å². The highest BCUT2D eigenvalue weighted by Crippen LogP contribution is 2.38. The monoisotopic (exact) mass is 263 g/mol. The van der Waals surface area contributed by atoms with Gasteiger partial charge in [-0.2, -0.15) is 0 Å². The minimum absolute atomic E-state index is 0.544. The molecule has 0 aliphatic heterocycles. The number of methoxy groups -OCH3 is 2. The number of unbranched alkanes of at least 4 members (excludes halogenated alkanes) is 1. The Morgan fingerprint density at radius 1 is 1.21 bits per heavy atom. The van der Waals surface area contributed by atoms with E-state index in [2.05, 4.69) is 11.2 Å². The van der Waals surface area contributed by atoms with E-state index in [1.165, 1.54) is 0 Å². The van der Waals surface area contributed by atoms with Gasteiger partial charge in [-0.25, -0.2) is 0 Å². The summed E-state index contributed by atoms with van der Waals surface area (Å²) in [5.74, 6) is 4.56. The van der Waals surface area contributed by atoms with Crippen molar-refractivity contribution >= 4 is 0 Å². The van der Waals surface area contributed by atoms with E-state index in [4.69, 9.17) is 20.6 Å². The van der Waals surface area contributed by atoms with Crippen LogP contribution in [0.1, 0.15) is 18.4 Å².